The van der Waals surface area contributed by atoms with Crippen LogP contribution in [-0.2, 0) is 65.4 Å². The zero-order chi connectivity index (χ0) is 67.2. The molecule has 3 N–H and O–H groups in total. The van der Waals surface area contributed by atoms with Crippen LogP contribution in [0.2, 0.25) is 0 Å². The van der Waals surface area contributed by atoms with Gasteiger partial charge in [0, 0.05) is 25.7 Å². The number of rotatable bonds is 71. The first-order valence-electron chi connectivity index (χ1n) is 37.5. The molecule has 0 aliphatic rings. The minimum atomic E-state index is -4.95. The van der Waals surface area contributed by atoms with Gasteiger partial charge in [-0.25, -0.2) is 9.13 Å². The van der Waals surface area contributed by atoms with Crippen LogP contribution in [0.5, 0.6) is 0 Å². The van der Waals surface area contributed by atoms with E-state index in [4.69, 9.17) is 37.0 Å². The average Bonchev–Trinajstić information content (AvgIpc) is 2.54. The molecule has 0 saturated heterocycles. The van der Waals surface area contributed by atoms with Crippen molar-refractivity contribution in [2.75, 3.05) is 39.6 Å². The summed E-state index contributed by atoms with van der Waals surface area (Å²) in [7, 11) is -9.90. The number of hydrogen-bond donors (Lipinski definition) is 3. The maximum Gasteiger partial charge on any atom is 0.472 e. The number of unbranched alkanes of at least 4 members (excludes halogenated alkanes) is 40. The summed E-state index contributed by atoms with van der Waals surface area (Å²) in [4.78, 5) is 72.5. The van der Waals surface area contributed by atoms with Crippen molar-refractivity contribution in [1.82, 2.24) is 0 Å². The Bertz CT molecular complexity index is 1770. The lowest BCUT2D eigenvalue weighted by molar-refractivity contribution is -0.161. The van der Waals surface area contributed by atoms with Gasteiger partial charge in [-0.1, -0.05) is 318 Å². The summed E-state index contributed by atoms with van der Waals surface area (Å²) >= 11 is 0. The number of ether oxygens (including phenoxy) is 4. The Balaban J connectivity index is 5.21. The topological polar surface area (TPSA) is 237 Å². The third-order valence-electron chi connectivity index (χ3n) is 17.1. The second-order valence-corrected chi connectivity index (χ2v) is 29.6. The number of esters is 4. The van der Waals surface area contributed by atoms with E-state index in [2.05, 4.69) is 41.5 Å². The molecule has 0 fully saturated rings. The van der Waals surface area contributed by atoms with E-state index in [1.54, 1.807) is 0 Å². The lowest BCUT2D eigenvalue weighted by Crippen LogP contribution is -2.30. The Morgan fingerprint density at radius 2 is 0.560 bits per heavy atom. The number of hydrogen-bond acceptors (Lipinski definition) is 15. The molecule has 0 aromatic carbocycles. The van der Waals surface area contributed by atoms with Crippen LogP contribution in [0.25, 0.3) is 0 Å². The minimum absolute atomic E-state index is 0.102. The van der Waals surface area contributed by atoms with Gasteiger partial charge in [0.25, 0.3) is 0 Å². The highest BCUT2D eigenvalue weighted by Crippen LogP contribution is 2.45. The minimum Gasteiger partial charge on any atom is -0.462 e. The van der Waals surface area contributed by atoms with Gasteiger partial charge < -0.3 is 33.8 Å². The molecule has 6 atom stereocenters. The Hall–Kier alpha value is -1.94. The third-order valence-corrected chi connectivity index (χ3v) is 19.0. The van der Waals surface area contributed by atoms with Crippen LogP contribution in [0.15, 0.2) is 0 Å². The molecule has 3 unspecified atom stereocenters. The van der Waals surface area contributed by atoms with Crippen molar-refractivity contribution in [3.8, 4) is 0 Å². The highest BCUT2D eigenvalue weighted by molar-refractivity contribution is 7.47. The van der Waals surface area contributed by atoms with Crippen molar-refractivity contribution >= 4 is 39.5 Å². The van der Waals surface area contributed by atoms with Gasteiger partial charge in [0.2, 0.25) is 0 Å². The molecule has 0 aromatic heterocycles. The van der Waals surface area contributed by atoms with Gasteiger partial charge in [0.15, 0.2) is 12.2 Å². The second kappa shape index (κ2) is 64.1. The van der Waals surface area contributed by atoms with Gasteiger partial charge >= 0.3 is 39.5 Å². The smallest absolute Gasteiger partial charge is 0.462 e. The predicted molar refractivity (Wildman–Crippen MR) is 368 cm³/mol. The zero-order valence-corrected chi connectivity index (χ0v) is 60.9. The summed E-state index contributed by atoms with van der Waals surface area (Å²) in [6.45, 7) is 9.51. The molecule has 0 amide bonds. The SMILES string of the molecule is CCCCCCCCCCCCCCCCCC(=O)OC[C@H](COP(=O)(O)OC[C@@H](O)COP(=O)(O)OC[C@@H](COC(=O)CCCCCCCCCCC)OC(=O)CCCCCCCCC(C)C)OC(=O)CCCCCCCCCCCCCCCCC(C)CC. The standard InChI is InChI=1S/C72H140O17P2/c1-7-10-12-14-16-18-19-20-21-25-28-32-36-43-49-55-70(75)83-60-67(88-71(76)56-50-44-37-33-29-26-23-22-24-27-31-34-41-47-53-65(6)9-3)62-86-90(78,79)84-58-66(73)59-85-91(80,81)87-63-68(89-72(77)57-51-45-39-38-40-46-52-64(4)5)61-82-69(74)54-48-42-35-30-17-15-13-11-8-2/h64-68,73H,7-63H2,1-6H3,(H,78,79)(H,80,81)/t65?,66-,67-,68-/m1/s1. The molecular formula is C72H140O17P2. The molecule has 0 radical (unpaired) electrons. The van der Waals surface area contributed by atoms with Gasteiger partial charge in [-0.3, -0.25) is 37.3 Å². The molecule has 0 aromatic rings. The molecule has 0 rings (SSSR count). The van der Waals surface area contributed by atoms with E-state index in [0.717, 1.165) is 95.8 Å². The Morgan fingerprint density at radius 1 is 0.319 bits per heavy atom. The lowest BCUT2D eigenvalue weighted by atomic mass is 9.99. The fourth-order valence-corrected chi connectivity index (χ4v) is 12.5. The van der Waals surface area contributed by atoms with Gasteiger partial charge in [-0.2, -0.15) is 0 Å². The molecule has 19 heteroatoms. The summed E-state index contributed by atoms with van der Waals surface area (Å²) < 4.78 is 68.3. The summed E-state index contributed by atoms with van der Waals surface area (Å²) in [6, 6.07) is 0. The first kappa shape index (κ1) is 89.1. The number of phosphoric ester groups is 2. The highest BCUT2D eigenvalue weighted by atomic mass is 31.2. The van der Waals surface area contributed by atoms with Crippen molar-refractivity contribution in [2.24, 2.45) is 11.8 Å². The molecular weight excluding hydrogens is 1200 g/mol. The lowest BCUT2D eigenvalue weighted by Gasteiger charge is -2.21. The van der Waals surface area contributed by atoms with Crippen molar-refractivity contribution in [1.29, 1.82) is 0 Å². The third kappa shape index (κ3) is 65.1. The van der Waals surface area contributed by atoms with Crippen LogP contribution in [0.4, 0.5) is 0 Å². The summed E-state index contributed by atoms with van der Waals surface area (Å²) in [5.41, 5.74) is 0. The Morgan fingerprint density at radius 3 is 0.835 bits per heavy atom. The van der Waals surface area contributed by atoms with E-state index >= 15 is 0 Å². The number of carbonyl (C=O) groups is 4. The van der Waals surface area contributed by atoms with Crippen LogP contribution in [0.1, 0.15) is 369 Å². The Kier molecular flexibility index (Phi) is 62.7. The zero-order valence-electron chi connectivity index (χ0n) is 59.1. The molecule has 0 aliphatic carbocycles. The second-order valence-electron chi connectivity index (χ2n) is 26.7. The molecule has 0 spiro atoms. The quantitative estimate of drug-likeness (QED) is 0.0222. The summed E-state index contributed by atoms with van der Waals surface area (Å²) in [5, 5.41) is 10.6. The summed E-state index contributed by atoms with van der Waals surface area (Å²) in [5.74, 6) is -0.610. The molecule has 0 heterocycles. The normalized spacial score (nSPS) is 14.4. The maximum atomic E-state index is 13.0. The molecule has 540 valence electrons. The van der Waals surface area contributed by atoms with E-state index in [0.29, 0.717) is 31.6 Å². The number of carbonyl (C=O) groups excluding carboxylic acids is 4. The first-order chi connectivity index (χ1) is 43.9. The van der Waals surface area contributed by atoms with Gasteiger partial charge in [-0.05, 0) is 37.5 Å². The largest absolute Gasteiger partial charge is 0.472 e. The monoisotopic (exact) mass is 1340 g/mol. The molecule has 91 heavy (non-hydrogen) atoms. The van der Waals surface area contributed by atoms with Crippen molar-refractivity contribution in [3.05, 3.63) is 0 Å². The van der Waals surface area contributed by atoms with Gasteiger partial charge in [0.05, 0.1) is 26.4 Å². The van der Waals surface area contributed by atoms with Gasteiger partial charge in [0.1, 0.15) is 19.3 Å². The number of aliphatic hydroxyl groups excluding tert-OH is 1. The number of phosphoric acid groups is 2. The predicted octanol–water partition coefficient (Wildman–Crippen LogP) is 20.8. The first-order valence-corrected chi connectivity index (χ1v) is 40.5. The van der Waals surface area contributed by atoms with E-state index in [9.17, 15) is 43.2 Å². The van der Waals surface area contributed by atoms with Crippen LogP contribution in [0, 0.1) is 11.8 Å². The average molecular weight is 1340 g/mol. The summed E-state index contributed by atoms with van der Waals surface area (Å²) in [6.07, 6.45) is 50.1. The van der Waals surface area contributed by atoms with Crippen LogP contribution < -0.4 is 0 Å². The fraction of sp³-hybridized carbons (Fsp3) is 0.944. The molecule has 0 aliphatic heterocycles. The molecule has 17 nitrogen and oxygen atoms in total. The van der Waals surface area contributed by atoms with E-state index in [-0.39, 0.29) is 25.7 Å². The van der Waals surface area contributed by atoms with Crippen LogP contribution in [0.3, 0.4) is 0 Å². The Labute approximate surface area is 556 Å². The molecule has 0 saturated carbocycles. The van der Waals surface area contributed by atoms with Crippen molar-refractivity contribution < 1.29 is 80.2 Å². The van der Waals surface area contributed by atoms with Gasteiger partial charge in [-0.15, -0.1) is 0 Å². The fourth-order valence-electron chi connectivity index (χ4n) is 10.9. The number of aliphatic hydroxyl groups is 1. The van der Waals surface area contributed by atoms with E-state index < -0.39 is 97.5 Å². The van der Waals surface area contributed by atoms with E-state index in [1.807, 2.05) is 0 Å². The van der Waals surface area contributed by atoms with E-state index in [1.165, 1.54) is 186 Å². The van der Waals surface area contributed by atoms with Crippen molar-refractivity contribution in [3.63, 3.8) is 0 Å². The van der Waals surface area contributed by atoms with Crippen molar-refractivity contribution in [2.45, 2.75) is 387 Å². The van der Waals surface area contributed by atoms with Crippen LogP contribution in [-0.4, -0.2) is 96.7 Å². The maximum absolute atomic E-state index is 13.0. The van der Waals surface area contributed by atoms with Crippen LogP contribution >= 0.6 is 15.6 Å². The highest BCUT2D eigenvalue weighted by Gasteiger charge is 2.30. The molecule has 0 bridgehead atoms.